The van der Waals surface area contributed by atoms with Crippen molar-refractivity contribution in [1.29, 1.82) is 0 Å². The Morgan fingerprint density at radius 2 is 1.90 bits per heavy atom. The van der Waals surface area contributed by atoms with E-state index in [0.29, 0.717) is 21.3 Å². The molecule has 3 aromatic rings. The van der Waals surface area contributed by atoms with Gasteiger partial charge in [0.05, 0.1) is 4.88 Å². The molecule has 0 aliphatic carbocycles. The van der Waals surface area contributed by atoms with Gasteiger partial charge in [0.25, 0.3) is 0 Å². The molecular formula is C16H10Cl2OS. The molecular weight excluding hydrogens is 311 g/mol. The van der Waals surface area contributed by atoms with Crippen molar-refractivity contribution in [2.24, 2.45) is 0 Å². The van der Waals surface area contributed by atoms with Gasteiger partial charge < -0.3 is 0 Å². The van der Waals surface area contributed by atoms with E-state index in [-0.39, 0.29) is 5.78 Å². The van der Waals surface area contributed by atoms with Crippen LogP contribution in [0.25, 0.3) is 10.1 Å². The maximum atomic E-state index is 12.6. The molecule has 1 heterocycles. The van der Waals surface area contributed by atoms with Gasteiger partial charge in [0.1, 0.15) is 0 Å². The zero-order valence-electron chi connectivity index (χ0n) is 10.4. The van der Waals surface area contributed by atoms with Crippen LogP contribution in [0, 0.1) is 0 Å². The Bertz CT molecular complexity index is 759. The molecule has 0 N–H and O–H groups in total. The molecule has 0 aliphatic rings. The fraction of sp³-hybridized carbons (Fsp3) is 0.0625. The standard InChI is InChI=1S/C16H10Cl2OS/c17-9-11-5-6-12(18)8-13(11)16(19)15-7-10-3-1-2-4-14(10)20-15/h1-8H,9H2. The van der Waals surface area contributed by atoms with Crippen LogP contribution in [0.1, 0.15) is 20.8 Å². The zero-order chi connectivity index (χ0) is 14.1. The molecule has 0 unspecified atom stereocenters. The number of carbonyl (C=O) groups is 1. The molecule has 0 fully saturated rings. The number of ketones is 1. The second-order valence-electron chi connectivity index (χ2n) is 4.41. The number of alkyl halides is 1. The first kappa shape index (κ1) is 13.6. The van der Waals surface area contributed by atoms with Crippen molar-refractivity contribution in [3.8, 4) is 0 Å². The third-order valence-corrected chi connectivity index (χ3v) is 4.75. The van der Waals surface area contributed by atoms with Gasteiger partial charge in [-0.15, -0.1) is 22.9 Å². The van der Waals surface area contributed by atoms with Crippen LogP contribution in [0.5, 0.6) is 0 Å². The molecule has 0 amide bonds. The minimum absolute atomic E-state index is 0.0237. The minimum Gasteiger partial charge on any atom is -0.288 e. The van der Waals surface area contributed by atoms with Crippen LogP contribution < -0.4 is 0 Å². The molecule has 100 valence electrons. The summed E-state index contributed by atoms with van der Waals surface area (Å²) in [4.78, 5) is 13.3. The summed E-state index contributed by atoms with van der Waals surface area (Å²) in [6.45, 7) is 0. The Balaban J connectivity index is 2.10. The van der Waals surface area contributed by atoms with E-state index in [1.54, 1.807) is 18.2 Å². The van der Waals surface area contributed by atoms with Gasteiger partial charge in [-0.25, -0.2) is 0 Å². The maximum Gasteiger partial charge on any atom is 0.203 e. The second-order valence-corrected chi connectivity index (χ2v) is 6.20. The van der Waals surface area contributed by atoms with Gasteiger partial charge in [-0.2, -0.15) is 0 Å². The molecule has 0 saturated heterocycles. The van der Waals surface area contributed by atoms with E-state index in [4.69, 9.17) is 23.2 Å². The Kier molecular flexibility index (Phi) is 3.79. The number of thiophene rings is 1. The SMILES string of the molecule is O=C(c1cc2ccccc2s1)c1cc(Cl)ccc1CCl. The van der Waals surface area contributed by atoms with Gasteiger partial charge in [0.15, 0.2) is 0 Å². The summed E-state index contributed by atoms with van der Waals surface area (Å²) in [5.74, 6) is 0.271. The summed E-state index contributed by atoms with van der Waals surface area (Å²) in [7, 11) is 0. The van der Waals surface area contributed by atoms with Crippen LogP contribution in [0.4, 0.5) is 0 Å². The molecule has 0 bridgehead atoms. The molecule has 20 heavy (non-hydrogen) atoms. The molecule has 4 heteroatoms. The number of rotatable bonds is 3. The first-order chi connectivity index (χ1) is 9.69. The fourth-order valence-corrected chi connectivity index (χ4v) is 3.53. The van der Waals surface area contributed by atoms with Crippen molar-refractivity contribution in [1.82, 2.24) is 0 Å². The quantitative estimate of drug-likeness (QED) is 0.458. The number of benzene rings is 2. The molecule has 0 radical (unpaired) electrons. The van der Waals surface area contributed by atoms with E-state index in [2.05, 4.69) is 0 Å². The normalized spacial score (nSPS) is 10.9. The topological polar surface area (TPSA) is 17.1 Å². The predicted molar refractivity (Wildman–Crippen MR) is 86.3 cm³/mol. The van der Waals surface area contributed by atoms with E-state index in [0.717, 1.165) is 15.6 Å². The molecule has 3 rings (SSSR count). The molecule has 2 aromatic carbocycles. The predicted octanol–water partition coefficient (Wildman–Crippen LogP) is 5.52. The lowest BCUT2D eigenvalue weighted by Gasteiger charge is -2.05. The lowest BCUT2D eigenvalue weighted by atomic mass is 10.0. The summed E-state index contributed by atoms with van der Waals surface area (Å²) < 4.78 is 1.10. The fourth-order valence-electron chi connectivity index (χ4n) is 2.10. The molecule has 0 spiro atoms. The molecule has 0 saturated carbocycles. The van der Waals surface area contributed by atoms with Gasteiger partial charge in [0.2, 0.25) is 5.78 Å². The Labute approximate surface area is 130 Å². The summed E-state index contributed by atoms with van der Waals surface area (Å²) in [5.41, 5.74) is 1.39. The molecule has 1 nitrogen and oxygen atoms in total. The van der Waals surface area contributed by atoms with Crippen molar-refractivity contribution in [2.45, 2.75) is 5.88 Å². The number of fused-ring (bicyclic) bond motifs is 1. The smallest absolute Gasteiger partial charge is 0.203 e. The number of hydrogen-bond acceptors (Lipinski definition) is 2. The summed E-state index contributed by atoms with van der Waals surface area (Å²) >= 11 is 13.4. The highest BCUT2D eigenvalue weighted by atomic mass is 35.5. The summed E-state index contributed by atoms with van der Waals surface area (Å²) in [5, 5.41) is 1.62. The average molecular weight is 321 g/mol. The monoisotopic (exact) mass is 320 g/mol. The maximum absolute atomic E-state index is 12.6. The summed E-state index contributed by atoms with van der Waals surface area (Å²) in [6, 6.07) is 15.1. The van der Waals surface area contributed by atoms with Crippen LogP contribution in [-0.4, -0.2) is 5.78 Å². The number of carbonyl (C=O) groups excluding carboxylic acids is 1. The Morgan fingerprint density at radius 1 is 1.10 bits per heavy atom. The largest absolute Gasteiger partial charge is 0.288 e. The van der Waals surface area contributed by atoms with Gasteiger partial charge >= 0.3 is 0 Å². The van der Waals surface area contributed by atoms with Crippen LogP contribution in [0.2, 0.25) is 5.02 Å². The highest BCUT2D eigenvalue weighted by molar-refractivity contribution is 7.21. The van der Waals surface area contributed by atoms with E-state index in [1.807, 2.05) is 30.3 Å². The Morgan fingerprint density at radius 3 is 2.65 bits per heavy atom. The third kappa shape index (κ3) is 2.47. The highest BCUT2D eigenvalue weighted by Crippen LogP contribution is 2.29. The first-order valence-electron chi connectivity index (χ1n) is 6.06. The van der Waals surface area contributed by atoms with E-state index < -0.39 is 0 Å². The van der Waals surface area contributed by atoms with Crippen molar-refractivity contribution in [3.63, 3.8) is 0 Å². The van der Waals surface area contributed by atoms with Crippen LogP contribution in [0.3, 0.4) is 0 Å². The van der Waals surface area contributed by atoms with E-state index >= 15 is 0 Å². The molecule has 1 aromatic heterocycles. The minimum atomic E-state index is -0.0237. The first-order valence-corrected chi connectivity index (χ1v) is 7.79. The van der Waals surface area contributed by atoms with Gasteiger partial charge in [-0.3, -0.25) is 4.79 Å². The van der Waals surface area contributed by atoms with Crippen molar-refractivity contribution in [2.75, 3.05) is 0 Å². The van der Waals surface area contributed by atoms with Crippen molar-refractivity contribution in [3.05, 3.63) is 69.6 Å². The van der Waals surface area contributed by atoms with Crippen molar-refractivity contribution >= 4 is 50.4 Å². The van der Waals surface area contributed by atoms with Crippen molar-refractivity contribution < 1.29 is 4.79 Å². The lowest BCUT2D eigenvalue weighted by molar-refractivity contribution is 0.104. The third-order valence-electron chi connectivity index (χ3n) is 3.11. The Hall–Kier alpha value is -1.35. The van der Waals surface area contributed by atoms with Crippen LogP contribution in [0.15, 0.2) is 48.5 Å². The van der Waals surface area contributed by atoms with Crippen LogP contribution >= 0.6 is 34.5 Å². The lowest BCUT2D eigenvalue weighted by Crippen LogP contribution is -2.02. The van der Waals surface area contributed by atoms with Gasteiger partial charge in [0, 0.05) is 21.2 Å². The number of halogens is 2. The second kappa shape index (κ2) is 5.57. The average Bonchev–Trinajstić information content (AvgIpc) is 2.90. The van der Waals surface area contributed by atoms with Crippen LogP contribution in [-0.2, 0) is 5.88 Å². The highest BCUT2D eigenvalue weighted by Gasteiger charge is 2.16. The molecule has 0 aliphatic heterocycles. The van der Waals surface area contributed by atoms with Gasteiger partial charge in [-0.1, -0.05) is 35.9 Å². The molecule has 0 atom stereocenters. The summed E-state index contributed by atoms with van der Waals surface area (Å²) in [6.07, 6.45) is 0. The zero-order valence-corrected chi connectivity index (χ0v) is 12.7. The van der Waals surface area contributed by atoms with E-state index in [9.17, 15) is 4.79 Å². The number of hydrogen-bond donors (Lipinski definition) is 0. The van der Waals surface area contributed by atoms with Gasteiger partial charge in [-0.05, 0) is 35.2 Å². The van der Waals surface area contributed by atoms with E-state index in [1.165, 1.54) is 11.3 Å².